The maximum atomic E-state index is 12.0. The molecular weight excluding hydrogens is 282 g/mol. The zero-order chi connectivity index (χ0) is 12.4. The first kappa shape index (κ1) is 11.9. The molecule has 0 saturated carbocycles. The van der Waals surface area contributed by atoms with Crippen molar-refractivity contribution in [3.8, 4) is 0 Å². The molecule has 0 bridgehead atoms. The van der Waals surface area contributed by atoms with E-state index in [0.29, 0.717) is 11.3 Å². The molecule has 0 saturated heterocycles. The van der Waals surface area contributed by atoms with E-state index >= 15 is 0 Å². The smallest absolute Gasteiger partial charge is 0.256 e. The summed E-state index contributed by atoms with van der Waals surface area (Å²) in [6.07, 6.45) is 3.36. The van der Waals surface area contributed by atoms with E-state index in [1.165, 1.54) is 0 Å². The van der Waals surface area contributed by atoms with Gasteiger partial charge in [-0.15, -0.1) is 0 Å². The van der Waals surface area contributed by atoms with E-state index < -0.39 is 0 Å². The molecule has 0 aliphatic carbocycles. The van der Waals surface area contributed by atoms with Gasteiger partial charge in [0, 0.05) is 17.7 Å². The number of aryl methyl sites for hydroxylation is 2. The molecule has 1 N–H and O–H groups in total. The summed E-state index contributed by atoms with van der Waals surface area (Å²) in [6.45, 7) is 1.98. The van der Waals surface area contributed by atoms with Crippen LogP contribution in [0.25, 0.3) is 0 Å². The molecule has 0 aliphatic heterocycles. The van der Waals surface area contributed by atoms with Crippen LogP contribution in [0.15, 0.2) is 35.1 Å². The van der Waals surface area contributed by atoms with Gasteiger partial charge in [0.1, 0.15) is 0 Å². The molecular formula is C12H12BrN3O. The third-order valence-corrected chi connectivity index (χ3v) is 2.99. The molecule has 1 heterocycles. The zero-order valence-electron chi connectivity index (χ0n) is 9.57. The van der Waals surface area contributed by atoms with Gasteiger partial charge in [-0.05, 0) is 40.5 Å². The van der Waals surface area contributed by atoms with Crippen molar-refractivity contribution in [2.24, 2.45) is 7.05 Å². The molecule has 2 rings (SSSR count). The second-order valence-electron chi connectivity index (χ2n) is 3.84. The van der Waals surface area contributed by atoms with Crippen molar-refractivity contribution in [2.75, 3.05) is 5.32 Å². The summed E-state index contributed by atoms with van der Waals surface area (Å²) < 4.78 is 2.43. The number of hydrogen-bond acceptors (Lipinski definition) is 2. The molecule has 0 spiro atoms. The number of hydrogen-bond donors (Lipinski definition) is 1. The molecule has 2 aromatic rings. The van der Waals surface area contributed by atoms with Gasteiger partial charge in [-0.2, -0.15) is 5.10 Å². The Morgan fingerprint density at radius 3 is 2.82 bits per heavy atom. The van der Waals surface area contributed by atoms with Crippen molar-refractivity contribution in [2.45, 2.75) is 6.92 Å². The lowest BCUT2D eigenvalue weighted by Gasteiger charge is -2.05. The van der Waals surface area contributed by atoms with Crippen molar-refractivity contribution in [1.29, 1.82) is 0 Å². The van der Waals surface area contributed by atoms with Crippen molar-refractivity contribution in [3.05, 3.63) is 46.2 Å². The van der Waals surface area contributed by atoms with Gasteiger partial charge in [0.25, 0.3) is 5.91 Å². The fourth-order valence-corrected chi connectivity index (χ4v) is 2.16. The highest BCUT2D eigenvalue weighted by Gasteiger charge is 2.10. The molecule has 0 radical (unpaired) electrons. The monoisotopic (exact) mass is 293 g/mol. The Morgan fingerprint density at radius 1 is 1.47 bits per heavy atom. The molecule has 1 aromatic heterocycles. The predicted octanol–water partition coefficient (Wildman–Crippen LogP) is 2.74. The van der Waals surface area contributed by atoms with Crippen LogP contribution in [0.5, 0.6) is 0 Å². The van der Waals surface area contributed by atoms with E-state index in [-0.39, 0.29) is 5.91 Å². The highest BCUT2D eigenvalue weighted by atomic mass is 79.9. The van der Waals surface area contributed by atoms with Gasteiger partial charge < -0.3 is 5.32 Å². The number of nitrogens with zero attached hydrogens (tertiary/aromatic N) is 2. The third-order valence-electron chi connectivity index (χ3n) is 2.33. The van der Waals surface area contributed by atoms with E-state index in [0.717, 1.165) is 10.0 Å². The molecule has 4 nitrogen and oxygen atoms in total. The van der Waals surface area contributed by atoms with Gasteiger partial charge in [-0.1, -0.05) is 6.07 Å². The summed E-state index contributed by atoms with van der Waals surface area (Å²) in [5, 5.41) is 6.78. The largest absolute Gasteiger partial charge is 0.319 e. The minimum absolute atomic E-state index is 0.148. The fourth-order valence-electron chi connectivity index (χ4n) is 1.49. The Balaban J connectivity index is 2.20. The first-order valence-corrected chi connectivity index (χ1v) is 5.92. The lowest BCUT2D eigenvalue weighted by molar-refractivity contribution is 0.102. The molecule has 0 fully saturated rings. The van der Waals surface area contributed by atoms with E-state index in [2.05, 4.69) is 26.3 Å². The summed E-state index contributed by atoms with van der Waals surface area (Å²) in [5.41, 5.74) is 2.40. The summed E-state index contributed by atoms with van der Waals surface area (Å²) in [6, 6.07) is 5.62. The maximum absolute atomic E-state index is 12.0. The Hall–Kier alpha value is -1.62. The van der Waals surface area contributed by atoms with Gasteiger partial charge in [0.15, 0.2) is 0 Å². The average Bonchev–Trinajstić information content (AvgIpc) is 2.63. The van der Waals surface area contributed by atoms with Crippen LogP contribution < -0.4 is 5.32 Å². The molecule has 1 aromatic carbocycles. The molecule has 1 amide bonds. The number of benzene rings is 1. The van der Waals surface area contributed by atoms with Crippen LogP contribution in [-0.4, -0.2) is 15.7 Å². The second kappa shape index (κ2) is 4.71. The molecule has 0 unspecified atom stereocenters. The fraction of sp³-hybridized carbons (Fsp3) is 0.167. The molecule has 5 heteroatoms. The van der Waals surface area contributed by atoms with Crippen LogP contribution in [0.3, 0.4) is 0 Å². The van der Waals surface area contributed by atoms with Crippen LogP contribution in [0.4, 0.5) is 5.69 Å². The number of nitrogens with one attached hydrogen (secondary N) is 1. The molecule has 0 aliphatic rings. The van der Waals surface area contributed by atoms with Crippen LogP contribution in [0, 0.1) is 6.92 Å². The van der Waals surface area contributed by atoms with E-state index in [1.54, 1.807) is 30.2 Å². The molecule has 0 atom stereocenters. The molecule has 88 valence electrons. The van der Waals surface area contributed by atoms with Crippen LogP contribution >= 0.6 is 15.9 Å². The van der Waals surface area contributed by atoms with Gasteiger partial charge >= 0.3 is 0 Å². The maximum Gasteiger partial charge on any atom is 0.256 e. The number of amides is 1. The Morgan fingerprint density at radius 2 is 2.24 bits per heavy atom. The normalized spacial score (nSPS) is 10.3. The summed E-state index contributed by atoms with van der Waals surface area (Å²) >= 11 is 3.38. The summed E-state index contributed by atoms with van der Waals surface area (Å²) in [5.74, 6) is -0.148. The number of anilines is 1. The second-order valence-corrected chi connectivity index (χ2v) is 4.69. The predicted molar refractivity (Wildman–Crippen MR) is 70.0 cm³/mol. The lowest BCUT2D eigenvalue weighted by atomic mass is 10.1. The van der Waals surface area contributed by atoms with Crippen molar-refractivity contribution in [1.82, 2.24) is 9.78 Å². The van der Waals surface area contributed by atoms with Crippen molar-refractivity contribution in [3.63, 3.8) is 0 Å². The van der Waals surface area contributed by atoms with Crippen molar-refractivity contribution >= 4 is 27.5 Å². The van der Waals surface area contributed by atoms with Crippen LogP contribution in [0.2, 0.25) is 0 Å². The topological polar surface area (TPSA) is 46.9 Å². The standard InChI is InChI=1S/C12H12BrN3O/c1-8-3-4-10(11(13)5-8)12(17)15-9-6-14-16(2)7-9/h3-7H,1-2H3,(H,15,17). The van der Waals surface area contributed by atoms with Gasteiger partial charge in [0.05, 0.1) is 17.4 Å². The van der Waals surface area contributed by atoms with E-state index in [9.17, 15) is 4.79 Å². The molecule has 17 heavy (non-hydrogen) atoms. The minimum atomic E-state index is -0.148. The first-order chi connectivity index (χ1) is 8.06. The van der Waals surface area contributed by atoms with E-state index in [1.807, 2.05) is 19.1 Å². The number of carbonyl (C=O) groups is 1. The quantitative estimate of drug-likeness (QED) is 0.925. The highest BCUT2D eigenvalue weighted by Crippen LogP contribution is 2.19. The van der Waals surface area contributed by atoms with Crippen LogP contribution in [0.1, 0.15) is 15.9 Å². The van der Waals surface area contributed by atoms with E-state index in [4.69, 9.17) is 0 Å². The lowest BCUT2D eigenvalue weighted by Crippen LogP contribution is -2.12. The summed E-state index contributed by atoms with van der Waals surface area (Å²) in [7, 11) is 1.80. The number of halogens is 1. The highest BCUT2D eigenvalue weighted by molar-refractivity contribution is 9.10. The van der Waals surface area contributed by atoms with Crippen LogP contribution in [-0.2, 0) is 7.05 Å². The Bertz CT molecular complexity index is 563. The Labute approximate surface area is 108 Å². The minimum Gasteiger partial charge on any atom is -0.319 e. The third kappa shape index (κ3) is 2.74. The number of rotatable bonds is 2. The average molecular weight is 294 g/mol. The van der Waals surface area contributed by atoms with Gasteiger partial charge in [0.2, 0.25) is 0 Å². The number of aromatic nitrogens is 2. The van der Waals surface area contributed by atoms with Crippen molar-refractivity contribution < 1.29 is 4.79 Å². The van der Waals surface area contributed by atoms with Gasteiger partial charge in [-0.25, -0.2) is 0 Å². The number of carbonyl (C=O) groups excluding carboxylic acids is 1. The summed E-state index contributed by atoms with van der Waals surface area (Å²) in [4.78, 5) is 12.0. The SMILES string of the molecule is Cc1ccc(C(=O)Nc2cnn(C)c2)c(Br)c1. The first-order valence-electron chi connectivity index (χ1n) is 5.12. The Kier molecular flexibility index (Phi) is 3.28. The zero-order valence-corrected chi connectivity index (χ0v) is 11.2. The van der Waals surface area contributed by atoms with Gasteiger partial charge in [-0.3, -0.25) is 9.48 Å².